The summed E-state index contributed by atoms with van der Waals surface area (Å²) in [4.78, 5) is 36.9. The van der Waals surface area contributed by atoms with Crippen LogP contribution in [0.15, 0.2) is 34.7 Å². The van der Waals surface area contributed by atoms with Crippen molar-refractivity contribution >= 4 is 45.2 Å². The number of carboxylic acid groups (broad SMARTS) is 1. The van der Waals surface area contributed by atoms with Crippen molar-refractivity contribution in [3.05, 3.63) is 47.0 Å². The summed E-state index contributed by atoms with van der Waals surface area (Å²) >= 11 is 0. The lowest BCUT2D eigenvalue weighted by Gasteiger charge is -2.24. The second-order valence-corrected chi connectivity index (χ2v) is 12.9. The van der Waals surface area contributed by atoms with Gasteiger partial charge in [0.25, 0.3) is 0 Å². The minimum absolute atomic E-state index is 0.000355. The first kappa shape index (κ1) is 37.3. The van der Waals surface area contributed by atoms with Crippen molar-refractivity contribution in [2.24, 2.45) is 5.92 Å². The lowest BCUT2D eigenvalue weighted by atomic mass is 10.0. The van der Waals surface area contributed by atoms with E-state index in [1.54, 1.807) is 14.0 Å². The summed E-state index contributed by atoms with van der Waals surface area (Å²) in [5.41, 5.74) is 4.39. The summed E-state index contributed by atoms with van der Waals surface area (Å²) in [6.45, 7) is 10.3. The number of amides is 2. The number of rotatable bonds is 14. The predicted molar refractivity (Wildman–Crippen MR) is 178 cm³/mol. The number of fused-ring (bicyclic) bond motifs is 1. The molecule has 45 heavy (non-hydrogen) atoms. The molecule has 0 radical (unpaired) electrons. The zero-order valence-electron chi connectivity index (χ0n) is 27.5. The fourth-order valence-corrected chi connectivity index (χ4v) is 5.67. The highest BCUT2D eigenvalue weighted by atomic mass is 32.2. The minimum atomic E-state index is -3.65. The van der Waals surface area contributed by atoms with Gasteiger partial charge in [0.1, 0.15) is 11.6 Å². The van der Waals surface area contributed by atoms with Gasteiger partial charge in [-0.1, -0.05) is 50.6 Å². The molecule has 1 saturated carbocycles. The lowest BCUT2D eigenvalue weighted by Crippen LogP contribution is -2.34. The molecule has 248 valence electrons. The Kier molecular flexibility index (Phi) is 14.5. The first-order valence-electron chi connectivity index (χ1n) is 15.5. The number of carbonyl (C=O) groups excluding carboxylic acids is 2. The first-order chi connectivity index (χ1) is 21.4. The van der Waals surface area contributed by atoms with Gasteiger partial charge in [-0.05, 0) is 63.5 Å². The molecule has 1 aliphatic carbocycles. The van der Waals surface area contributed by atoms with Gasteiger partial charge in [-0.25, -0.2) is 8.42 Å². The summed E-state index contributed by atoms with van der Waals surface area (Å²) in [6.07, 6.45) is 5.09. The lowest BCUT2D eigenvalue weighted by molar-refractivity contribution is -0.137. The number of hydrogen-bond acceptors (Lipinski definition) is 7. The van der Waals surface area contributed by atoms with Gasteiger partial charge < -0.3 is 20.2 Å². The smallest absolute Gasteiger partial charge is 0.303 e. The molecule has 1 aromatic carbocycles. The molecule has 12 heteroatoms. The van der Waals surface area contributed by atoms with E-state index in [2.05, 4.69) is 10.6 Å². The Balaban J connectivity index is 0.00000109. The molecule has 11 nitrogen and oxygen atoms in total. The maximum absolute atomic E-state index is 13.0. The third-order valence-electron chi connectivity index (χ3n) is 7.34. The van der Waals surface area contributed by atoms with Crippen LogP contribution in [0.2, 0.25) is 0 Å². The molecule has 0 saturated heterocycles. The number of carbonyl (C=O) groups is 3. The Labute approximate surface area is 266 Å². The summed E-state index contributed by atoms with van der Waals surface area (Å²) in [6, 6.07) is 10.1. The summed E-state index contributed by atoms with van der Waals surface area (Å²) in [5.74, 6) is -0.00746. The van der Waals surface area contributed by atoms with Gasteiger partial charge in [0, 0.05) is 49.0 Å². The van der Waals surface area contributed by atoms with Gasteiger partial charge in [-0.3, -0.25) is 18.7 Å². The number of nitrogens with one attached hydrogen (secondary N) is 2. The average molecular weight is 645 g/mol. The number of aromatic nitrogens is 1. The van der Waals surface area contributed by atoms with Crippen molar-refractivity contribution in [3.63, 3.8) is 0 Å². The van der Waals surface area contributed by atoms with Crippen LogP contribution in [0.4, 0.5) is 5.82 Å². The fraction of sp³-hybridized carbons (Fsp3) is 0.515. The zero-order chi connectivity index (χ0) is 33.7. The number of furan rings is 1. The van der Waals surface area contributed by atoms with Crippen molar-refractivity contribution in [1.29, 1.82) is 0 Å². The molecule has 2 amide bonds. The van der Waals surface area contributed by atoms with E-state index >= 15 is 0 Å². The van der Waals surface area contributed by atoms with Crippen LogP contribution < -0.4 is 14.9 Å². The molecule has 0 aliphatic heterocycles. The number of pyridine rings is 1. The van der Waals surface area contributed by atoms with Crippen LogP contribution >= 0.6 is 0 Å². The molecule has 1 fully saturated rings. The van der Waals surface area contributed by atoms with Crippen LogP contribution in [-0.4, -0.2) is 63.2 Å². The highest BCUT2D eigenvalue weighted by Crippen LogP contribution is 2.46. The van der Waals surface area contributed by atoms with E-state index in [1.165, 1.54) is 10.6 Å². The van der Waals surface area contributed by atoms with Gasteiger partial charge in [0.05, 0.1) is 6.26 Å². The normalized spacial score (nSPS) is 13.0. The van der Waals surface area contributed by atoms with Crippen LogP contribution in [0.1, 0.15) is 81.9 Å². The van der Waals surface area contributed by atoms with Crippen molar-refractivity contribution < 1.29 is 32.3 Å². The van der Waals surface area contributed by atoms with E-state index in [9.17, 15) is 18.0 Å². The summed E-state index contributed by atoms with van der Waals surface area (Å²) in [5, 5.41) is 14.6. The number of carboxylic acids is 1. The molecular formula is C33H48N4O7S. The number of anilines is 1. The number of aryl methyl sites for hydroxylation is 2. The van der Waals surface area contributed by atoms with E-state index in [0.29, 0.717) is 43.7 Å². The topological polar surface area (TPSA) is 159 Å². The van der Waals surface area contributed by atoms with Crippen molar-refractivity contribution in [1.82, 2.24) is 15.6 Å². The first-order valence-corrected chi connectivity index (χ1v) is 17.3. The van der Waals surface area contributed by atoms with E-state index in [4.69, 9.17) is 19.3 Å². The van der Waals surface area contributed by atoms with Gasteiger partial charge in [-0.15, -0.1) is 0 Å². The number of hydrogen-bond donors (Lipinski definition) is 3. The van der Waals surface area contributed by atoms with Crippen molar-refractivity contribution in [2.75, 3.05) is 30.7 Å². The van der Waals surface area contributed by atoms with E-state index in [-0.39, 0.29) is 30.7 Å². The quantitative estimate of drug-likeness (QED) is 0.152. The van der Waals surface area contributed by atoms with Crippen LogP contribution in [0.3, 0.4) is 0 Å². The molecule has 0 bridgehead atoms. The SMILES string of the molecule is CC.CNC=O.Cc1ccc(-c2oc3nc(N(CCCC(C)C(=O)NCCCC(=O)O)S(C)(=O)=O)c(C4CC4)cc3c2C)cc1. The Morgan fingerprint density at radius 2 is 1.78 bits per heavy atom. The number of nitrogens with zero attached hydrogens (tertiary/aromatic N) is 2. The van der Waals surface area contributed by atoms with E-state index in [1.807, 2.05) is 58.0 Å². The fourth-order valence-electron chi connectivity index (χ4n) is 4.75. The Bertz CT molecular complexity index is 1530. The summed E-state index contributed by atoms with van der Waals surface area (Å²) < 4.78 is 33.5. The molecular weight excluding hydrogens is 596 g/mol. The van der Waals surface area contributed by atoms with Crippen LogP contribution in [0.5, 0.6) is 0 Å². The molecule has 4 rings (SSSR count). The molecule has 1 atom stereocenters. The van der Waals surface area contributed by atoms with Crippen molar-refractivity contribution in [2.45, 2.75) is 79.1 Å². The third kappa shape index (κ3) is 10.9. The number of aliphatic carboxylic acids is 1. The molecule has 2 aromatic heterocycles. The predicted octanol–water partition coefficient (Wildman–Crippen LogP) is 5.54. The Morgan fingerprint density at radius 1 is 1.16 bits per heavy atom. The third-order valence-corrected chi connectivity index (χ3v) is 8.49. The summed E-state index contributed by atoms with van der Waals surface area (Å²) in [7, 11) is -2.08. The van der Waals surface area contributed by atoms with Gasteiger partial charge in [0.2, 0.25) is 28.1 Å². The van der Waals surface area contributed by atoms with E-state index < -0.39 is 16.0 Å². The molecule has 1 aliphatic rings. The number of sulfonamides is 1. The molecule has 2 heterocycles. The molecule has 3 N–H and O–H groups in total. The maximum Gasteiger partial charge on any atom is 0.303 e. The van der Waals surface area contributed by atoms with Crippen LogP contribution in [0, 0.1) is 19.8 Å². The van der Waals surface area contributed by atoms with Gasteiger partial charge in [0.15, 0.2) is 0 Å². The number of benzene rings is 1. The highest BCUT2D eigenvalue weighted by Gasteiger charge is 2.33. The Morgan fingerprint density at radius 3 is 2.31 bits per heavy atom. The minimum Gasteiger partial charge on any atom is -0.481 e. The average Bonchev–Trinajstić information content (AvgIpc) is 3.81. The monoisotopic (exact) mass is 644 g/mol. The van der Waals surface area contributed by atoms with Crippen LogP contribution in [0.25, 0.3) is 22.4 Å². The van der Waals surface area contributed by atoms with Gasteiger partial charge in [-0.2, -0.15) is 4.98 Å². The second kappa shape index (κ2) is 17.5. The van der Waals surface area contributed by atoms with E-state index in [0.717, 1.165) is 46.2 Å². The Hall–Kier alpha value is -3.93. The molecule has 0 spiro atoms. The van der Waals surface area contributed by atoms with Crippen LogP contribution in [-0.2, 0) is 24.4 Å². The van der Waals surface area contributed by atoms with Gasteiger partial charge >= 0.3 is 5.97 Å². The molecule has 3 aromatic rings. The standard InChI is InChI=1S/C29H37N3O6S.C2H5NO.C2H6/c1-18-9-11-22(12-10-18)26-20(3)23-17-24(21-13-14-21)27(31-29(23)38-26)32(39(4,36)37)16-6-7-19(2)28(35)30-15-5-8-25(33)34;1-3-2-4;1-2/h9-12,17,19,21H,5-8,13-16H2,1-4H3,(H,30,35)(H,33,34);2H,1H3,(H,3,4);1-2H3. The van der Waals surface area contributed by atoms with Crippen molar-refractivity contribution in [3.8, 4) is 11.3 Å². The second-order valence-electron chi connectivity index (χ2n) is 11.0. The highest BCUT2D eigenvalue weighted by molar-refractivity contribution is 7.92. The maximum atomic E-state index is 13.0. The zero-order valence-corrected chi connectivity index (χ0v) is 28.3. The largest absolute Gasteiger partial charge is 0.481 e. The molecule has 1 unspecified atom stereocenters.